The fourth-order valence-electron chi connectivity index (χ4n) is 2.95. The van der Waals surface area contributed by atoms with E-state index in [2.05, 4.69) is 30.5 Å². The second-order valence-electron chi connectivity index (χ2n) is 5.63. The highest BCUT2D eigenvalue weighted by Gasteiger charge is 2.39. The largest absolute Gasteiger partial charge is 0.324 e. The molecule has 3 nitrogen and oxygen atoms in total. The Morgan fingerprint density at radius 1 is 1.42 bits per heavy atom. The van der Waals surface area contributed by atoms with Crippen molar-refractivity contribution >= 4 is 11.6 Å². The van der Waals surface area contributed by atoms with E-state index in [0.29, 0.717) is 0 Å². The number of hydrogen-bond acceptors (Lipinski definition) is 2. The van der Waals surface area contributed by atoms with Crippen LogP contribution in [-0.2, 0) is 4.79 Å². The fourth-order valence-corrected chi connectivity index (χ4v) is 2.95. The van der Waals surface area contributed by atoms with Crippen molar-refractivity contribution in [3.05, 3.63) is 29.3 Å². The van der Waals surface area contributed by atoms with Gasteiger partial charge in [-0.25, -0.2) is 0 Å². The summed E-state index contributed by atoms with van der Waals surface area (Å²) in [6.45, 7) is 7.18. The maximum Gasteiger partial charge on any atom is 0.244 e. The van der Waals surface area contributed by atoms with E-state index in [-0.39, 0.29) is 11.4 Å². The molecule has 1 aromatic carbocycles. The minimum Gasteiger partial charge on any atom is -0.324 e. The van der Waals surface area contributed by atoms with Crippen LogP contribution in [0.1, 0.15) is 43.7 Å². The molecule has 0 aromatic heterocycles. The van der Waals surface area contributed by atoms with Gasteiger partial charge in [-0.15, -0.1) is 0 Å². The quantitative estimate of drug-likeness (QED) is 0.873. The van der Waals surface area contributed by atoms with Crippen LogP contribution in [0.5, 0.6) is 0 Å². The minimum atomic E-state index is -0.355. The SMILES string of the molecule is CCCC1(C(=O)Nc2ccc(C)cc2C)CCCN1. The molecule has 0 aliphatic carbocycles. The van der Waals surface area contributed by atoms with Crippen molar-refractivity contribution in [2.45, 2.75) is 52.0 Å². The number of benzene rings is 1. The molecule has 0 bridgehead atoms. The van der Waals surface area contributed by atoms with Crippen molar-refractivity contribution in [2.75, 3.05) is 11.9 Å². The minimum absolute atomic E-state index is 0.124. The molecule has 1 aliphatic rings. The lowest BCUT2D eigenvalue weighted by Crippen LogP contribution is -2.50. The van der Waals surface area contributed by atoms with E-state index in [1.54, 1.807) is 0 Å². The highest BCUT2D eigenvalue weighted by atomic mass is 16.2. The molecule has 104 valence electrons. The first-order valence-electron chi connectivity index (χ1n) is 7.21. The van der Waals surface area contributed by atoms with Crippen LogP contribution >= 0.6 is 0 Å². The molecule has 1 aromatic rings. The third kappa shape index (κ3) is 2.98. The first kappa shape index (κ1) is 14.1. The molecule has 1 unspecified atom stereocenters. The van der Waals surface area contributed by atoms with Crippen molar-refractivity contribution in [2.24, 2.45) is 0 Å². The molecule has 1 amide bonds. The Bertz CT molecular complexity index is 462. The van der Waals surface area contributed by atoms with Gasteiger partial charge >= 0.3 is 0 Å². The second-order valence-corrected chi connectivity index (χ2v) is 5.63. The Balaban J connectivity index is 2.15. The Morgan fingerprint density at radius 2 is 2.21 bits per heavy atom. The van der Waals surface area contributed by atoms with Gasteiger partial charge in [0.15, 0.2) is 0 Å². The fraction of sp³-hybridized carbons (Fsp3) is 0.562. The Hall–Kier alpha value is -1.35. The summed E-state index contributed by atoms with van der Waals surface area (Å²) in [7, 11) is 0. The van der Waals surface area contributed by atoms with Gasteiger partial charge in [0.25, 0.3) is 0 Å². The molecular formula is C16H24N2O. The molecule has 2 rings (SSSR count). The molecular weight excluding hydrogens is 236 g/mol. The molecule has 1 atom stereocenters. The summed E-state index contributed by atoms with van der Waals surface area (Å²) in [6, 6.07) is 6.14. The van der Waals surface area contributed by atoms with Gasteiger partial charge in [0, 0.05) is 5.69 Å². The predicted octanol–water partition coefficient (Wildman–Crippen LogP) is 3.16. The van der Waals surface area contributed by atoms with Gasteiger partial charge in [0.2, 0.25) is 5.91 Å². The van der Waals surface area contributed by atoms with E-state index in [1.807, 2.05) is 19.1 Å². The van der Waals surface area contributed by atoms with Crippen molar-refractivity contribution < 1.29 is 4.79 Å². The average Bonchev–Trinajstić information content (AvgIpc) is 2.83. The van der Waals surface area contributed by atoms with Crippen LogP contribution in [0, 0.1) is 13.8 Å². The normalized spacial score (nSPS) is 22.5. The van der Waals surface area contributed by atoms with Gasteiger partial charge in [0.05, 0.1) is 5.54 Å². The van der Waals surface area contributed by atoms with Crippen molar-refractivity contribution in [1.82, 2.24) is 5.32 Å². The Labute approximate surface area is 115 Å². The van der Waals surface area contributed by atoms with Gasteiger partial charge in [0.1, 0.15) is 0 Å². The van der Waals surface area contributed by atoms with Crippen LogP contribution < -0.4 is 10.6 Å². The van der Waals surface area contributed by atoms with Crippen LogP contribution in [-0.4, -0.2) is 18.0 Å². The van der Waals surface area contributed by atoms with E-state index in [0.717, 1.165) is 43.5 Å². The number of nitrogens with one attached hydrogen (secondary N) is 2. The number of rotatable bonds is 4. The van der Waals surface area contributed by atoms with Crippen molar-refractivity contribution in [1.29, 1.82) is 0 Å². The smallest absolute Gasteiger partial charge is 0.244 e. The Morgan fingerprint density at radius 3 is 2.79 bits per heavy atom. The zero-order valence-corrected chi connectivity index (χ0v) is 12.2. The summed E-state index contributed by atoms with van der Waals surface area (Å²) in [4.78, 5) is 12.6. The molecule has 0 saturated carbocycles. The van der Waals surface area contributed by atoms with E-state index in [1.165, 1.54) is 5.56 Å². The van der Waals surface area contributed by atoms with E-state index >= 15 is 0 Å². The molecule has 3 heteroatoms. The topological polar surface area (TPSA) is 41.1 Å². The summed E-state index contributed by atoms with van der Waals surface area (Å²) >= 11 is 0. The second kappa shape index (κ2) is 5.74. The number of amides is 1. The van der Waals surface area contributed by atoms with E-state index in [9.17, 15) is 4.79 Å². The molecule has 1 heterocycles. The molecule has 1 aliphatic heterocycles. The molecule has 1 fully saturated rings. The molecule has 0 radical (unpaired) electrons. The first-order valence-corrected chi connectivity index (χ1v) is 7.21. The lowest BCUT2D eigenvalue weighted by atomic mass is 9.90. The van der Waals surface area contributed by atoms with Crippen molar-refractivity contribution in [3.63, 3.8) is 0 Å². The third-order valence-electron chi connectivity index (χ3n) is 3.99. The van der Waals surface area contributed by atoms with Crippen LogP contribution in [0.15, 0.2) is 18.2 Å². The van der Waals surface area contributed by atoms with Gasteiger partial charge in [-0.1, -0.05) is 31.0 Å². The summed E-state index contributed by atoms with van der Waals surface area (Å²) in [5, 5.41) is 6.51. The third-order valence-corrected chi connectivity index (χ3v) is 3.99. The summed E-state index contributed by atoms with van der Waals surface area (Å²) in [5.41, 5.74) is 2.92. The highest BCUT2D eigenvalue weighted by Crippen LogP contribution is 2.27. The number of aryl methyl sites for hydroxylation is 2. The summed E-state index contributed by atoms with van der Waals surface area (Å²) in [5.74, 6) is 0.124. The monoisotopic (exact) mass is 260 g/mol. The zero-order chi connectivity index (χ0) is 13.9. The van der Waals surface area contributed by atoms with Crippen LogP contribution in [0.3, 0.4) is 0 Å². The predicted molar refractivity (Wildman–Crippen MR) is 79.4 cm³/mol. The first-order chi connectivity index (χ1) is 9.07. The van der Waals surface area contributed by atoms with Crippen LogP contribution in [0.4, 0.5) is 5.69 Å². The van der Waals surface area contributed by atoms with Crippen LogP contribution in [0.25, 0.3) is 0 Å². The number of hydrogen-bond donors (Lipinski definition) is 2. The van der Waals surface area contributed by atoms with Crippen molar-refractivity contribution in [3.8, 4) is 0 Å². The summed E-state index contributed by atoms with van der Waals surface area (Å²) in [6.07, 6.45) is 3.95. The lowest BCUT2D eigenvalue weighted by molar-refractivity contribution is -0.122. The molecule has 1 saturated heterocycles. The molecule has 19 heavy (non-hydrogen) atoms. The van der Waals surface area contributed by atoms with Gasteiger partial charge in [-0.3, -0.25) is 4.79 Å². The van der Waals surface area contributed by atoms with E-state index < -0.39 is 0 Å². The zero-order valence-electron chi connectivity index (χ0n) is 12.2. The Kier molecular flexibility index (Phi) is 4.25. The number of carbonyl (C=O) groups excluding carboxylic acids is 1. The number of carbonyl (C=O) groups is 1. The summed E-state index contributed by atoms with van der Waals surface area (Å²) < 4.78 is 0. The highest BCUT2D eigenvalue weighted by molar-refractivity contribution is 5.98. The number of anilines is 1. The average molecular weight is 260 g/mol. The van der Waals surface area contributed by atoms with Gasteiger partial charge in [-0.05, 0) is 51.3 Å². The standard InChI is InChI=1S/C16H24N2O/c1-4-8-16(9-5-10-17-16)15(19)18-14-7-6-12(2)11-13(14)3/h6-7,11,17H,4-5,8-10H2,1-3H3,(H,18,19). The van der Waals surface area contributed by atoms with E-state index in [4.69, 9.17) is 0 Å². The van der Waals surface area contributed by atoms with Gasteiger partial charge in [-0.2, -0.15) is 0 Å². The van der Waals surface area contributed by atoms with Gasteiger partial charge < -0.3 is 10.6 Å². The molecule has 0 spiro atoms. The lowest BCUT2D eigenvalue weighted by Gasteiger charge is -2.28. The maximum atomic E-state index is 12.6. The van der Waals surface area contributed by atoms with Crippen LogP contribution in [0.2, 0.25) is 0 Å². The molecule has 2 N–H and O–H groups in total. The maximum absolute atomic E-state index is 12.6.